The van der Waals surface area contributed by atoms with E-state index in [1.807, 2.05) is 39.1 Å². The maximum Gasteiger partial charge on any atom is 0.410 e. The highest BCUT2D eigenvalue weighted by Gasteiger charge is 2.25. The van der Waals surface area contributed by atoms with Crippen LogP contribution in [0.2, 0.25) is 0 Å². The van der Waals surface area contributed by atoms with Crippen LogP contribution >= 0.6 is 0 Å². The van der Waals surface area contributed by atoms with Gasteiger partial charge < -0.3 is 20.3 Å². The highest BCUT2D eigenvalue weighted by Crippen LogP contribution is 2.17. The molecule has 116 valence electrons. The van der Waals surface area contributed by atoms with Crippen LogP contribution in [0, 0.1) is 0 Å². The van der Waals surface area contributed by atoms with E-state index >= 15 is 0 Å². The van der Waals surface area contributed by atoms with Crippen molar-refractivity contribution >= 4 is 11.8 Å². The number of carbonyl (C=O) groups is 1. The van der Waals surface area contributed by atoms with Crippen molar-refractivity contribution in [3.05, 3.63) is 24.0 Å². The van der Waals surface area contributed by atoms with Gasteiger partial charge in [-0.3, -0.25) is 4.98 Å². The molecule has 2 N–H and O–H groups in total. The van der Waals surface area contributed by atoms with E-state index < -0.39 is 5.60 Å². The van der Waals surface area contributed by atoms with Crippen molar-refractivity contribution in [1.82, 2.24) is 9.88 Å². The summed E-state index contributed by atoms with van der Waals surface area (Å²) < 4.78 is 5.39. The van der Waals surface area contributed by atoms with Crippen molar-refractivity contribution in [3.8, 4) is 0 Å². The molecule has 1 saturated heterocycles. The highest BCUT2D eigenvalue weighted by molar-refractivity contribution is 5.68. The molecule has 0 spiro atoms. The van der Waals surface area contributed by atoms with Gasteiger partial charge in [-0.15, -0.1) is 0 Å². The van der Waals surface area contributed by atoms with Crippen molar-refractivity contribution in [2.45, 2.75) is 32.9 Å². The van der Waals surface area contributed by atoms with Crippen molar-refractivity contribution in [1.29, 1.82) is 0 Å². The molecule has 21 heavy (non-hydrogen) atoms. The number of piperazine rings is 1. The summed E-state index contributed by atoms with van der Waals surface area (Å²) in [6, 6.07) is 3.97. The number of rotatable bonds is 2. The molecule has 1 amide bonds. The average molecular weight is 292 g/mol. The molecule has 0 aliphatic carbocycles. The molecule has 6 heteroatoms. The van der Waals surface area contributed by atoms with E-state index in [1.54, 1.807) is 4.90 Å². The van der Waals surface area contributed by atoms with E-state index in [0.29, 0.717) is 19.6 Å². The van der Waals surface area contributed by atoms with Crippen LogP contribution < -0.4 is 10.6 Å². The number of ether oxygens (including phenoxy) is 1. The Morgan fingerprint density at radius 1 is 1.29 bits per heavy atom. The smallest absolute Gasteiger partial charge is 0.410 e. The Kier molecular flexibility index (Phi) is 4.67. The monoisotopic (exact) mass is 292 g/mol. The zero-order valence-corrected chi connectivity index (χ0v) is 13.0. The molecule has 2 rings (SSSR count). The summed E-state index contributed by atoms with van der Waals surface area (Å²) in [6.45, 7) is 8.98. The normalized spacial score (nSPS) is 16.0. The summed E-state index contributed by atoms with van der Waals surface area (Å²) in [6.07, 6.45) is 1.60. The molecule has 0 saturated carbocycles. The molecule has 2 heterocycles. The highest BCUT2D eigenvalue weighted by atomic mass is 16.6. The minimum atomic E-state index is -0.448. The Balaban J connectivity index is 1.89. The van der Waals surface area contributed by atoms with E-state index in [4.69, 9.17) is 10.5 Å². The lowest BCUT2D eigenvalue weighted by atomic mass is 10.2. The molecule has 0 bridgehead atoms. The third-order valence-corrected chi connectivity index (χ3v) is 3.31. The number of carbonyl (C=O) groups excluding carboxylic acids is 1. The van der Waals surface area contributed by atoms with Crippen LogP contribution in [0.5, 0.6) is 0 Å². The van der Waals surface area contributed by atoms with Gasteiger partial charge >= 0.3 is 6.09 Å². The first-order chi connectivity index (χ1) is 9.89. The average Bonchev–Trinajstić information content (AvgIpc) is 2.46. The molecular formula is C15H24N4O2. The minimum Gasteiger partial charge on any atom is -0.444 e. The Labute approximate surface area is 125 Å². The van der Waals surface area contributed by atoms with E-state index in [9.17, 15) is 4.79 Å². The fourth-order valence-corrected chi connectivity index (χ4v) is 2.20. The summed E-state index contributed by atoms with van der Waals surface area (Å²) in [5.41, 5.74) is 7.04. The predicted molar refractivity (Wildman–Crippen MR) is 82.1 cm³/mol. The van der Waals surface area contributed by atoms with Gasteiger partial charge in [0.1, 0.15) is 5.60 Å². The van der Waals surface area contributed by atoms with Crippen LogP contribution in [-0.4, -0.2) is 47.8 Å². The van der Waals surface area contributed by atoms with Gasteiger partial charge in [-0.1, -0.05) is 0 Å². The number of hydrogen-bond donors (Lipinski definition) is 1. The zero-order valence-electron chi connectivity index (χ0n) is 13.0. The van der Waals surface area contributed by atoms with E-state index in [1.165, 1.54) is 0 Å². The fraction of sp³-hybridized carbons (Fsp3) is 0.600. The predicted octanol–water partition coefficient (Wildman–Crippen LogP) is 1.60. The molecule has 1 fully saturated rings. The molecule has 1 aromatic rings. The SMILES string of the molecule is CC(C)(C)OC(=O)N1CCN(c2ccc(CN)nc2)CC1. The molecule has 0 atom stereocenters. The van der Waals surface area contributed by atoms with Gasteiger partial charge in [-0.25, -0.2) is 4.79 Å². The second-order valence-corrected chi connectivity index (χ2v) is 6.17. The Hall–Kier alpha value is -1.82. The van der Waals surface area contributed by atoms with Crippen LogP contribution in [0.3, 0.4) is 0 Å². The van der Waals surface area contributed by atoms with Gasteiger partial charge in [0.25, 0.3) is 0 Å². The second-order valence-electron chi connectivity index (χ2n) is 6.17. The van der Waals surface area contributed by atoms with Crippen molar-refractivity contribution in [3.63, 3.8) is 0 Å². The van der Waals surface area contributed by atoms with Gasteiger partial charge in [0.15, 0.2) is 0 Å². The number of aromatic nitrogens is 1. The largest absolute Gasteiger partial charge is 0.444 e. The summed E-state index contributed by atoms with van der Waals surface area (Å²) >= 11 is 0. The summed E-state index contributed by atoms with van der Waals surface area (Å²) in [4.78, 5) is 20.3. The lowest BCUT2D eigenvalue weighted by molar-refractivity contribution is 0.0240. The summed E-state index contributed by atoms with van der Waals surface area (Å²) in [5, 5.41) is 0. The molecular weight excluding hydrogens is 268 g/mol. The van der Waals surface area contributed by atoms with E-state index in [-0.39, 0.29) is 6.09 Å². The maximum atomic E-state index is 12.0. The first kappa shape index (κ1) is 15.6. The van der Waals surface area contributed by atoms with Gasteiger partial charge in [0, 0.05) is 32.7 Å². The number of nitrogens with zero attached hydrogens (tertiary/aromatic N) is 3. The number of pyridine rings is 1. The molecule has 6 nitrogen and oxygen atoms in total. The van der Waals surface area contributed by atoms with Gasteiger partial charge in [-0.05, 0) is 32.9 Å². The van der Waals surface area contributed by atoms with Crippen molar-refractivity contribution < 1.29 is 9.53 Å². The summed E-state index contributed by atoms with van der Waals surface area (Å²) in [5.74, 6) is 0. The second kappa shape index (κ2) is 6.30. The topological polar surface area (TPSA) is 71.7 Å². The molecule has 1 aliphatic heterocycles. The van der Waals surface area contributed by atoms with Crippen LogP contribution in [0.25, 0.3) is 0 Å². The van der Waals surface area contributed by atoms with Crippen LogP contribution in [0.15, 0.2) is 18.3 Å². The lowest BCUT2D eigenvalue weighted by Gasteiger charge is -2.36. The first-order valence-electron chi connectivity index (χ1n) is 7.27. The fourth-order valence-electron chi connectivity index (χ4n) is 2.20. The Bertz CT molecular complexity index is 473. The van der Waals surface area contributed by atoms with Crippen molar-refractivity contribution in [2.75, 3.05) is 31.1 Å². The lowest BCUT2D eigenvalue weighted by Crippen LogP contribution is -2.50. The number of nitrogens with two attached hydrogens (primary N) is 1. The van der Waals surface area contributed by atoms with Crippen molar-refractivity contribution in [2.24, 2.45) is 5.73 Å². The Morgan fingerprint density at radius 3 is 2.43 bits per heavy atom. The molecule has 0 radical (unpaired) electrons. The summed E-state index contributed by atoms with van der Waals surface area (Å²) in [7, 11) is 0. The number of amides is 1. The molecule has 1 aliphatic rings. The molecule has 0 unspecified atom stereocenters. The van der Waals surface area contributed by atoms with Crippen LogP contribution in [0.4, 0.5) is 10.5 Å². The zero-order chi connectivity index (χ0) is 15.5. The van der Waals surface area contributed by atoms with E-state index in [0.717, 1.165) is 24.5 Å². The third-order valence-electron chi connectivity index (χ3n) is 3.31. The number of hydrogen-bond acceptors (Lipinski definition) is 5. The molecule has 1 aromatic heterocycles. The standard InChI is InChI=1S/C15H24N4O2/c1-15(2,3)21-14(20)19-8-6-18(7-9-19)13-5-4-12(10-16)17-11-13/h4-5,11H,6-10,16H2,1-3H3. The first-order valence-corrected chi connectivity index (χ1v) is 7.27. The minimum absolute atomic E-state index is 0.237. The maximum absolute atomic E-state index is 12.0. The van der Waals surface area contributed by atoms with Gasteiger partial charge in [-0.2, -0.15) is 0 Å². The molecule has 0 aromatic carbocycles. The van der Waals surface area contributed by atoms with E-state index in [2.05, 4.69) is 9.88 Å². The third kappa shape index (κ3) is 4.32. The van der Waals surface area contributed by atoms with Crippen LogP contribution in [-0.2, 0) is 11.3 Å². The quantitative estimate of drug-likeness (QED) is 0.896. The van der Waals surface area contributed by atoms with Gasteiger partial charge in [0.2, 0.25) is 0 Å². The Morgan fingerprint density at radius 2 is 1.95 bits per heavy atom. The van der Waals surface area contributed by atoms with Gasteiger partial charge in [0.05, 0.1) is 17.6 Å². The number of anilines is 1. The van der Waals surface area contributed by atoms with Crippen LogP contribution in [0.1, 0.15) is 26.5 Å².